The van der Waals surface area contributed by atoms with Crippen molar-refractivity contribution in [1.29, 1.82) is 0 Å². The SMILES string of the molecule is Cc1ccc(C)c2[cH-]c(P(c3ccccc3)c3cc4c(C)ccc(C)c4[cH-]3)cc12.[Cl-].[Cl-].[Hf+4]. The first-order valence-electron chi connectivity index (χ1n) is 10.2. The largest absolute Gasteiger partial charge is 4.00 e. The van der Waals surface area contributed by atoms with Crippen molar-refractivity contribution in [1.82, 2.24) is 0 Å². The van der Waals surface area contributed by atoms with Gasteiger partial charge < -0.3 is 24.8 Å². The molecule has 5 rings (SSSR count). The molecular formula is C28H25Cl2HfP. The van der Waals surface area contributed by atoms with Crippen molar-refractivity contribution < 1.29 is 50.7 Å². The molecule has 0 N–H and O–H groups in total. The van der Waals surface area contributed by atoms with Crippen molar-refractivity contribution in [2.45, 2.75) is 27.7 Å². The molecule has 32 heavy (non-hydrogen) atoms. The van der Waals surface area contributed by atoms with E-state index in [1.807, 2.05) is 0 Å². The van der Waals surface area contributed by atoms with E-state index in [1.165, 1.54) is 59.7 Å². The van der Waals surface area contributed by atoms with Crippen LogP contribution in [0, 0.1) is 27.7 Å². The van der Waals surface area contributed by atoms with Crippen LogP contribution in [0.2, 0.25) is 0 Å². The van der Waals surface area contributed by atoms with Crippen molar-refractivity contribution in [3.05, 3.63) is 101 Å². The van der Waals surface area contributed by atoms with Gasteiger partial charge in [0.25, 0.3) is 0 Å². The van der Waals surface area contributed by atoms with Crippen LogP contribution in [0.25, 0.3) is 21.5 Å². The summed E-state index contributed by atoms with van der Waals surface area (Å²) in [6.45, 7) is 8.89. The van der Waals surface area contributed by atoms with E-state index in [1.54, 1.807) is 0 Å². The van der Waals surface area contributed by atoms with E-state index < -0.39 is 7.92 Å². The van der Waals surface area contributed by atoms with E-state index in [0.29, 0.717) is 0 Å². The molecule has 0 atom stereocenters. The van der Waals surface area contributed by atoms with Crippen molar-refractivity contribution in [2.24, 2.45) is 0 Å². The van der Waals surface area contributed by atoms with Gasteiger partial charge >= 0.3 is 25.8 Å². The number of halogens is 2. The molecule has 4 heteroatoms. The number of hydrogen-bond donors (Lipinski definition) is 0. The number of fused-ring (bicyclic) bond motifs is 2. The summed E-state index contributed by atoms with van der Waals surface area (Å²) < 4.78 is 0. The minimum atomic E-state index is -0.589. The Labute approximate surface area is 223 Å². The number of benzene rings is 3. The van der Waals surface area contributed by atoms with Crippen LogP contribution in [0.5, 0.6) is 0 Å². The van der Waals surface area contributed by atoms with Gasteiger partial charge in [0.05, 0.1) is 0 Å². The Kier molecular flexibility index (Phi) is 9.11. The van der Waals surface area contributed by atoms with Gasteiger partial charge in [-0.15, -0.1) is 67.5 Å². The van der Waals surface area contributed by atoms with E-state index >= 15 is 0 Å². The second-order valence-electron chi connectivity index (χ2n) is 8.15. The molecule has 5 aromatic carbocycles. The molecule has 0 unspecified atom stereocenters. The Bertz CT molecular complexity index is 1180. The number of aryl methyl sites for hydroxylation is 4. The quantitative estimate of drug-likeness (QED) is 0.152. The molecule has 0 radical (unpaired) electrons. The number of hydrogen-bond acceptors (Lipinski definition) is 0. The van der Waals surface area contributed by atoms with Crippen molar-refractivity contribution in [3.63, 3.8) is 0 Å². The third-order valence-corrected chi connectivity index (χ3v) is 8.51. The molecule has 0 aromatic heterocycles. The summed E-state index contributed by atoms with van der Waals surface area (Å²) in [5.74, 6) is 0. The van der Waals surface area contributed by atoms with Crippen LogP contribution < -0.4 is 40.7 Å². The van der Waals surface area contributed by atoms with Crippen molar-refractivity contribution in [2.75, 3.05) is 0 Å². The van der Waals surface area contributed by atoms with E-state index in [0.717, 1.165) is 0 Å². The van der Waals surface area contributed by atoms with Gasteiger partial charge in [-0.05, 0) is 19.2 Å². The zero-order chi connectivity index (χ0) is 20.1. The van der Waals surface area contributed by atoms with Gasteiger partial charge in [0, 0.05) is 0 Å². The maximum Gasteiger partial charge on any atom is 4.00 e. The molecule has 0 amide bonds. The van der Waals surface area contributed by atoms with Crippen LogP contribution in [-0.4, -0.2) is 0 Å². The van der Waals surface area contributed by atoms with E-state index in [9.17, 15) is 0 Å². The molecule has 0 nitrogen and oxygen atoms in total. The van der Waals surface area contributed by atoms with Gasteiger partial charge in [-0.2, -0.15) is 12.1 Å². The first kappa shape index (κ1) is 27.0. The Morgan fingerprint density at radius 2 is 0.969 bits per heavy atom. The first-order valence-corrected chi connectivity index (χ1v) is 11.6. The molecule has 5 aromatic rings. The molecule has 0 bridgehead atoms. The molecule has 0 heterocycles. The second-order valence-corrected chi connectivity index (χ2v) is 10.4. The molecule has 160 valence electrons. The normalized spacial score (nSPS) is 10.7. The van der Waals surface area contributed by atoms with Gasteiger partial charge in [-0.3, -0.25) is 0 Å². The van der Waals surface area contributed by atoms with Crippen LogP contribution in [0.3, 0.4) is 0 Å². The average Bonchev–Trinajstić information content (AvgIpc) is 3.36. The minimum absolute atomic E-state index is 0. The van der Waals surface area contributed by atoms with E-state index in [2.05, 4.69) is 107 Å². The maximum atomic E-state index is 2.44. The molecule has 0 fully saturated rings. The summed E-state index contributed by atoms with van der Waals surface area (Å²) in [5.41, 5.74) is 5.44. The molecule has 0 aliphatic carbocycles. The predicted octanol–water partition coefficient (Wildman–Crippen LogP) is 0.428. The second kappa shape index (κ2) is 10.8. The summed E-state index contributed by atoms with van der Waals surface area (Å²) in [4.78, 5) is 0. The maximum absolute atomic E-state index is 2.44. The summed E-state index contributed by atoms with van der Waals surface area (Å²) in [5, 5.41) is 9.89. The van der Waals surface area contributed by atoms with Crippen molar-refractivity contribution in [3.8, 4) is 0 Å². The van der Waals surface area contributed by atoms with E-state index in [4.69, 9.17) is 0 Å². The summed E-state index contributed by atoms with van der Waals surface area (Å²) in [6, 6.07) is 29.8. The first-order chi connectivity index (χ1) is 14.0. The van der Waals surface area contributed by atoms with Crippen LogP contribution in [0.15, 0.2) is 78.9 Å². The van der Waals surface area contributed by atoms with Crippen LogP contribution >= 0.6 is 7.92 Å². The molecule has 0 spiro atoms. The molecule has 0 aliphatic heterocycles. The Morgan fingerprint density at radius 1 is 0.562 bits per heavy atom. The fraction of sp³-hybridized carbons (Fsp3) is 0.143. The summed E-state index contributed by atoms with van der Waals surface area (Å²) in [7, 11) is -0.589. The summed E-state index contributed by atoms with van der Waals surface area (Å²) >= 11 is 0. The molecular weight excluding hydrogens is 617 g/mol. The van der Waals surface area contributed by atoms with Gasteiger partial charge in [-0.25, -0.2) is 0 Å². The third kappa shape index (κ3) is 4.69. The molecule has 0 aliphatic rings. The van der Waals surface area contributed by atoms with Gasteiger partial charge in [0.1, 0.15) is 0 Å². The third-order valence-electron chi connectivity index (χ3n) is 6.15. The van der Waals surface area contributed by atoms with Crippen LogP contribution in [-0.2, 0) is 25.8 Å². The zero-order valence-electron chi connectivity index (χ0n) is 18.7. The Hall–Kier alpha value is -1.24. The molecule has 0 saturated carbocycles. The minimum Gasteiger partial charge on any atom is -1.00 e. The van der Waals surface area contributed by atoms with Gasteiger partial charge in [0.2, 0.25) is 0 Å². The average molecular weight is 642 g/mol. The van der Waals surface area contributed by atoms with Crippen molar-refractivity contribution >= 4 is 45.4 Å². The monoisotopic (exact) mass is 642 g/mol. The predicted molar refractivity (Wildman–Crippen MR) is 130 cm³/mol. The van der Waals surface area contributed by atoms with E-state index in [-0.39, 0.29) is 50.7 Å². The van der Waals surface area contributed by atoms with Gasteiger partial charge in [-0.1, -0.05) is 75.4 Å². The number of rotatable bonds is 3. The standard InChI is InChI=1S/C28H25P.2ClH.Hf/c1-18-10-11-19(2)26-15-23(14-25(18)26)29(22-8-6-5-7-9-22)24-16-27-20(3)12-13-21(4)28(27)17-24;;;/h5-17H,1-4H3;2*1H;/q-2;;;+4/p-2. The Morgan fingerprint density at radius 3 is 1.38 bits per heavy atom. The fourth-order valence-corrected chi connectivity index (χ4v) is 6.83. The molecule has 0 saturated heterocycles. The smallest absolute Gasteiger partial charge is 1.00 e. The van der Waals surface area contributed by atoms with Gasteiger partial charge in [0.15, 0.2) is 0 Å². The Balaban J connectivity index is 0.00000121. The summed E-state index contributed by atoms with van der Waals surface area (Å²) in [6.07, 6.45) is 0. The zero-order valence-corrected chi connectivity index (χ0v) is 24.7. The topological polar surface area (TPSA) is 0 Å². The van der Waals surface area contributed by atoms with Crippen LogP contribution in [0.1, 0.15) is 22.3 Å². The fourth-order valence-electron chi connectivity index (χ4n) is 4.43. The van der Waals surface area contributed by atoms with Crippen LogP contribution in [0.4, 0.5) is 0 Å².